The van der Waals surface area contributed by atoms with Crippen molar-refractivity contribution in [1.82, 2.24) is 4.90 Å². The zero-order valence-corrected chi connectivity index (χ0v) is 12.6. The summed E-state index contributed by atoms with van der Waals surface area (Å²) in [6.07, 6.45) is 0. The lowest BCUT2D eigenvalue weighted by atomic mass is 10.0. The van der Waals surface area contributed by atoms with Crippen molar-refractivity contribution >= 4 is 11.8 Å². The van der Waals surface area contributed by atoms with E-state index in [1.54, 1.807) is 31.4 Å². The Balaban J connectivity index is 1.82. The fourth-order valence-corrected chi connectivity index (χ4v) is 2.73. The van der Waals surface area contributed by atoms with Crippen molar-refractivity contribution in [3.8, 4) is 5.75 Å². The molecule has 2 aromatic rings. The molecule has 112 valence electrons. The minimum atomic E-state index is -0.213. The van der Waals surface area contributed by atoms with Crippen LogP contribution in [0, 0.1) is 0 Å². The molecule has 4 nitrogen and oxygen atoms in total. The van der Waals surface area contributed by atoms with E-state index in [0.717, 1.165) is 11.3 Å². The minimum absolute atomic E-state index is 0.0392. The van der Waals surface area contributed by atoms with Gasteiger partial charge in [-0.15, -0.1) is 0 Å². The van der Waals surface area contributed by atoms with Crippen molar-refractivity contribution in [2.45, 2.75) is 12.8 Å². The average Bonchev–Trinajstić information content (AvgIpc) is 2.80. The lowest BCUT2D eigenvalue weighted by Gasteiger charge is -2.20. The zero-order valence-electron chi connectivity index (χ0n) is 12.6. The second-order valence-electron chi connectivity index (χ2n) is 5.44. The van der Waals surface area contributed by atoms with Gasteiger partial charge in [-0.25, -0.2) is 0 Å². The van der Waals surface area contributed by atoms with Crippen LogP contribution >= 0.6 is 0 Å². The van der Waals surface area contributed by atoms with Crippen LogP contribution < -0.4 is 4.74 Å². The van der Waals surface area contributed by atoms with Crippen LogP contribution in [0.25, 0.3) is 0 Å². The molecule has 4 heteroatoms. The Bertz CT molecular complexity index is 704. The molecule has 1 heterocycles. The number of amides is 2. The Morgan fingerprint density at radius 3 is 2.23 bits per heavy atom. The summed E-state index contributed by atoms with van der Waals surface area (Å²) in [5.41, 5.74) is 2.02. The molecule has 0 N–H and O–H groups in total. The normalized spacial score (nSPS) is 14.9. The van der Waals surface area contributed by atoms with Gasteiger partial charge in [0.25, 0.3) is 11.8 Å². The number of methoxy groups -OCH3 is 1. The maximum Gasteiger partial charge on any atom is 0.261 e. The topological polar surface area (TPSA) is 46.6 Å². The fourth-order valence-electron chi connectivity index (χ4n) is 2.73. The third-order valence-corrected chi connectivity index (χ3v) is 4.00. The van der Waals surface area contributed by atoms with Gasteiger partial charge in [0.1, 0.15) is 5.75 Å². The van der Waals surface area contributed by atoms with Gasteiger partial charge in [-0.2, -0.15) is 0 Å². The number of carbonyl (C=O) groups excluding carboxylic acids is 2. The molecule has 0 bridgehead atoms. The van der Waals surface area contributed by atoms with Crippen LogP contribution in [0.2, 0.25) is 0 Å². The van der Waals surface area contributed by atoms with Crippen LogP contribution in [0.4, 0.5) is 0 Å². The maximum absolute atomic E-state index is 12.4. The largest absolute Gasteiger partial charge is 0.497 e. The number of carbonyl (C=O) groups is 2. The van der Waals surface area contributed by atoms with E-state index in [1.165, 1.54) is 4.90 Å². The van der Waals surface area contributed by atoms with Crippen LogP contribution in [0.15, 0.2) is 48.5 Å². The fraction of sp³-hybridized carbons (Fsp3) is 0.222. The number of rotatable bonds is 4. The smallest absolute Gasteiger partial charge is 0.261 e. The standard InChI is InChI=1S/C18H17NO3/c1-12(13-6-5-7-14(10-13)22-2)11-19-17(20)15-8-3-4-9-16(15)18(19)21/h3-10,12H,11H2,1-2H3. The molecule has 1 unspecified atom stereocenters. The van der Waals surface area contributed by atoms with Gasteiger partial charge in [-0.05, 0) is 35.7 Å². The van der Waals surface area contributed by atoms with E-state index in [0.29, 0.717) is 17.7 Å². The van der Waals surface area contributed by atoms with Crippen LogP contribution in [0.5, 0.6) is 5.75 Å². The Hall–Kier alpha value is -2.62. The predicted octanol–water partition coefficient (Wildman–Crippen LogP) is 3.09. The summed E-state index contributed by atoms with van der Waals surface area (Å²) < 4.78 is 5.22. The SMILES string of the molecule is COc1cccc(C(C)CN2C(=O)c3ccccc3C2=O)c1. The molecule has 2 aromatic carbocycles. The summed E-state index contributed by atoms with van der Waals surface area (Å²) in [7, 11) is 1.62. The summed E-state index contributed by atoms with van der Waals surface area (Å²) in [5.74, 6) is 0.384. The monoisotopic (exact) mass is 295 g/mol. The first-order chi connectivity index (χ1) is 10.6. The Labute approximate surface area is 129 Å². The molecule has 22 heavy (non-hydrogen) atoms. The van der Waals surface area contributed by atoms with Crippen molar-refractivity contribution in [2.75, 3.05) is 13.7 Å². The highest BCUT2D eigenvalue weighted by Crippen LogP contribution is 2.27. The number of fused-ring (bicyclic) bond motifs is 1. The van der Waals surface area contributed by atoms with Gasteiger partial charge < -0.3 is 4.74 Å². The highest BCUT2D eigenvalue weighted by Gasteiger charge is 2.35. The van der Waals surface area contributed by atoms with E-state index in [9.17, 15) is 9.59 Å². The van der Waals surface area contributed by atoms with Crippen LogP contribution in [-0.4, -0.2) is 30.4 Å². The van der Waals surface area contributed by atoms with E-state index in [2.05, 4.69) is 0 Å². The molecule has 0 saturated heterocycles. The third kappa shape index (κ3) is 2.37. The minimum Gasteiger partial charge on any atom is -0.497 e. The van der Waals surface area contributed by atoms with E-state index in [1.807, 2.05) is 31.2 Å². The van der Waals surface area contributed by atoms with Crippen LogP contribution in [-0.2, 0) is 0 Å². The summed E-state index contributed by atoms with van der Waals surface area (Å²) in [6, 6.07) is 14.6. The third-order valence-electron chi connectivity index (χ3n) is 4.00. The van der Waals surface area contributed by atoms with E-state index in [4.69, 9.17) is 4.74 Å². The molecular weight excluding hydrogens is 278 g/mol. The molecule has 0 fully saturated rings. The summed E-state index contributed by atoms with van der Waals surface area (Å²) >= 11 is 0. The summed E-state index contributed by atoms with van der Waals surface area (Å²) in [6.45, 7) is 2.36. The lowest BCUT2D eigenvalue weighted by Crippen LogP contribution is -2.33. The molecule has 0 radical (unpaired) electrons. The molecule has 0 spiro atoms. The molecule has 3 rings (SSSR count). The average molecular weight is 295 g/mol. The van der Waals surface area contributed by atoms with Gasteiger partial charge >= 0.3 is 0 Å². The second kappa shape index (κ2) is 5.64. The van der Waals surface area contributed by atoms with Crippen molar-refractivity contribution < 1.29 is 14.3 Å². The quantitative estimate of drug-likeness (QED) is 0.814. The van der Waals surface area contributed by atoms with Gasteiger partial charge in [0.05, 0.1) is 18.2 Å². The molecule has 0 aromatic heterocycles. The lowest BCUT2D eigenvalue weighted by molar-refractivity contribution is 0.0646. The van der Waals surface area contributed by atoms with E-state index in [-0.39, 0.29) is 17.7 Å². The molecule has 0 aliphatic carbocycles. The summed E-state index contributed by atoms with van der Waals surface area (Å²) in [5, 5.41) is 0. The molecule has 1 atom stereocenters. The molecule has 1 aliphatic rings. The number of hydrogen-bond acceptors (Lipinski definition) is 3. The zero-order chi connectivity index (χ0) is 15.7. The molecule has 1 aliphatic heterocycles. The van der Waals surface area contributed by atoms with Crippen LogP contribution in [0.3, 0.4) is 0 Å². The molecule has 0 saturated carbocycles. The summed E-state index contributed by atoms with van der Waals surface area (Å²) in [4.78, 5) is 26.1. The second-order valence-corrected chi connectivity index (χ2v) is 5.44. The van der Waals surface area contributed by atoms with Gasteiger partial charge in [0.2, 0.25) is 0 Å². The van der Waals surface area contributed by atoms with Crippen molar-refractivity contribution in [2.24, 2.45) is 0 Å². The first kappa shape index (κ1) is 14.3. The number of ether oxygens (including phenoxy) is 1. The highest BCUT2D eigenvalue weighted by atomic mass is 16.5. The first-order valence-electron chi connectivity index (χ1n) is 7.21. The van der Waals surface area contributed by atoms with Gasteiger partial charge in [0, 0.05) is 6.54 Å². The Kier molecular flexibility index (Phi) is 3.67. The van der Waals surface area contributed by atoms with E-state index < -0.39 is 0 Å². The van der Waals surface area contributed by atoms with Crippen molar-refractivity contribution in [3.63, 3.8) is 0 Å². The van der Waals surface area contributed by atoms with Gasteiger partial charge in [-0.1, -0.05) is 31.2 Å². The predicted molar refractivity (Wildman–Crippen MR) is 83.2 cm³/mol. The first-order valence-corrected chi connectivity index (χ1v) is 7.21. The van der Waals surface area contributed by atoms with Crippen molar-refractivity contribution in [1.29, 1.82) is 0 Å². The molecular formula is C18H17NO3. The highest BCUT2D eigenvalue weighted by molar-refractivity contribution is 6.21. The number of imide groups is 1. The van der Waals surface area contributed by atoms with Gasteiger partial charge in [0.15, 0.2) is 0 Å². The number of hydrogen-bond donors (Lipinski definition) is 0. The van der Waals surface area contributed by atoms with Gasteiger partial charge in [-0.3, -0.25) is 14.5 Å². The van der Waals surface area contributed by atoms with E-state index >= 15 is 0 Å². The Morgan fingerprint density at radius 2 is 1.64 bits per heavy atom. The molecule has 2 amide bonds. The number of benzene rings is 2. The Morgan fingerprint density at radius 1 is 1.00 bits per heavy atom. The number of nitrogens with zero attached hydrogens (tertiary/aromatic N) is 1. The van der Waals surface area contributed by atoms with Crippen LogP contribution in [0.1, 0.15) is 39.1 Å². The van der Waals surface area contributed by atoms with Crippen molar-refractivity contribution in [3.05, 3.63) is 65.2 Å². The maximum atomic E-state index is 12.4.